The van der Waals surface area contributed by atoms with Crippen LogP contribution >= 0.6 is 0 Å². The maximum Gasteiger partial charge on any atom is 0.422 e. The molecule has 5 rings (SSSR count). The number of fused-ring (bicyclic) bond motifs is 1. The van der Waals surface area contributed by atoms with Crippen LogP contribution < -0.4 is 5.32 Å². The number of alkyl halides is 3. The summed E-state index contributed by atoms with van der Waals surface area (Å²) in [5, 5.41) is 12.7. The van der Waals surface area contributed by atoms with Crippen LogP contribution in [0.2, 0.25) is 0 Å². The quantitative estimate of drug-likeness (QED) is 0.171. The Balaban J connectivity index is 1.28. The smallest absolute Gasteiger partial charge is 0.422 e. The molecule has 1 aromatic rings. The summed E-state index contributed by atoms with van der Waals surface area (Å²) in [5.41, 5.74) is 0.0360. The van der Waals surface area contributed by atoms with Crippen molar-refractivity contribution >= 4 is 29.9 Å². The molecule has 49 heavy (non-hydrogen) atoms. The molecule has 1 saturated heterocycles. The summed E-state index contributed by atoms with van der Waals surface area (Å²) in [4.78, 5) is 50.9. The van der Waals surface area contributed by atoms with Gasteiger partial charge in [0.25, 0.3) is 0 Å². The van der Waals surface area contributed by atoms with Crippen molar-refractivity contribution < 1.29 is 61.1 Å². The first-order valence-electron chi connectivity index (χ1n) is 16.5. The predicted octanol–water partition coefficient (Wildman–Crippen LogP) is 4.56. The number of halogens is 3. The van der Waals surface area contributed by atoms with Crippen LogP contribution in [0.5, 0.6) is 0 Å². The highest BCUT2D eigenvalue weighted by molar-refractivity contribution is 5.95. The minimum Gasteiger partial charge on any atom is -0.460 e. The van der Waals surface area contributed by atoms with Crippen LogP contribution in [-0.2, 0) is 38.1 Å². The number of carbonyl (C=O) groups excluding carboxylic acids is 4. The van der Waals surface area contributed by atoms with E-state index in [1.807, 2.05) is 0 Å². The zero-order valence-electron chi connectivity index (χ0n) is 27.6. The van der Waals surface area contributed by atoms with Crippen LogP contribution in [0.25, 0.3) is 6.08 Å². The lowest BCUT2D eigenvalue weighted by Gasteiger charge is -2.31. The van der Waals surface area contributed by atoms with Crippen molar-refractivity contribution in [2.24, 2.45) is 11.8 Å². The van der Waals surface area contributed by atoms with Crippen LogP contribution in [0.4, 0.5) is 13.2 Å². The van der Waals surface area contributed by atoms with Gasteiger partial charge in [0.2, 0.25) is 5.91 Å². The van der Waals surface area contributed by atoms with Gasteiger partial charge in [-0.15, -0.1) is 0 Å². The minimum absolute atomic E-state index is 0.0115. The molecule has 4 aliphatic rings. The van der Waals surface area contributed by atoms with Gasteiger partial charge >= 0.3 is 24.1 Å². The van der Waals surface area contributed by atoms with Crippen LogP contribution in [0.3, 0.4) is 0 Å². The van der Waals surface area contributed by atoms with E-state index < -0.39 is 78.9 Å². The predicted molar refractivity (Wildman–Crippen MR) is 166 cm³/mol. The monoisotopic (exact) mass is 693 g/mol. The van der Waals surface area contributed by atoms with E-state index >= 15 is 0 Å². The molecule has 0 bridgehead atoms. The molecular weight excluding hydrogens is 651 g/mol. The molecule has 2 N–H and O–H groups in total. The van der Waals surface area contributed by atoms with Gasteiger partial charge in [-0.2, -0.15) is 13.2 Å². The average Bonchev–Trinajstić information content (AvgIpc) is 3.97. The first-order chi connectivity index (χ1) is 23.0. The van der Waals surface area contributed by atoms with Gasteiger partial charge in [0.1, 0.15) is 23.9 Å². The Labute approximate surface area is 282 Å². The number of benzene rings is 1. The van der Waals surface area contributed by atoms with Crippen molar-refractivity contribution in [1.29, 1.82) is 0 Å². The third-order valence-corrected chi connectivity index (χ3v) is 8.55. The number of hydrogen-bond acceptors (Lipinski definition) is 10. The molecule has 0 aromatic heterocycles. The Bertz CT molecular complexity index is 1460. The van der Waals surface area contributed by atoms with Crippen LogP contribution in [0.15, 0.2) is 42.0 Å². The zero-order chi connectivity index (χ0) is 35.6. The van der Waals surface area contributed by atoms with Gasteiger partial charge in [0, 0.05) is 36.3 Å². The highest BCUT2D eigenvalue weighted by atomic mass is 19.4. The Kier molecular flexibility index (Phi) is 10.9. The molecule has 3 fully saturated rings. The fraction of sp³-hybridized carbons (Fsp3) is 0.600. The summed E-state index contributed by atoms with van der Waals surface area (Å²) in [6.45, 7) is 3.10. The minimum atomic E-state index is -4.66. The highest BCUT2D eigenvalue weighted by Gasteiger charge is 2.64. The van der Waals surface area contributed by atoms with E-state index in [1.54, 1.807) is 32.9 Å². The number of ether oxygens (including phenoxy) is 5. The topological polar surface area (TPSA) is 147 Å². The fourth-order valence-corrected chi connectivity index (χ4v) is 6.08. The number of carbonyl (C=O) groups is 4. The first-order valence-corrected chi connectivity index (χ1v) is 16.5. The molecule has 0 radical (unpaired) electrons. The standard InChI is InChI=1S/C35H42F3NO10/c1-33(2,3)48-29(42)14-12-25(18-40)39-31(43)22-16-26(30-27(17-22)47-35(49-30,23-8-9-23)24-10-11-24)46-32(44)21-6-4-5-20(15-21)7-13-28(41)45-19-34(36,37)38/h4-7,13,15,17,23-27,30,40H,8-12,14,16,18-19H2,1-3H3,(H,39,43)/t25-,26+,27+,30-/m0/s1. The zero-order valence-corrected chi connectivity index (χ0v) is 27.6. The highest BCUT2D eigenvalue weighted by Crippen LogP contribution is 2.59. The Morgan fingerprint density at radius 1 is 1.08 bits per heavy atom. The van der Waals surface area contributed by atoms with Gasteiger partial charge in [-0.1, -0.05) is 12.1 Å². The van der Waals surface area contributed by atoms with Crippen molar-refractivity contribution in [3.05, 3.63) is 53.1 Å². The summed E-state index contributed by atoms with van der Waals surface area (Å²) < 4.78 is 65.7. The van der Waals surface area contributed by atoms with Crippen LogP contribution in [0.1, 0.15) is 81.6 Å². The second kappa shape index (κ2) is 14.6. The van der Waals surface area contributed by atoms with Gasteiger partial charge in [-0.25, -0.2) is 9.59 Å². The molecule has 1 heterocycles. The summed E-state index contributed by atoms with van der Waals surface area (Å²) in [5.74, 6) is -3.33. The van der Waals surface area contributed by atoms with E-state index in [4.69, 9.17) is 18.9 Å². The lowest BCUT2D eigenvalue weighted by atomic mass is 9.91. The molecule has 0 unspecified atom stereocenters. The maximum absolute atomic E-state index is 13.5. The maximum atomic E-state index is 13.5. The third-order valence-electron chi connectivity index (χ3n) is 8.55. The van der Waals surface area contributed by atoms with Gasteiger partial charge in [0.15, 0.2) is 12.4 Å². The second-order valence-corrected chi connectivity index (χ2v) is 13.9. The van der Waals surface area contributed by atoms with Gasteiger partial charge < -0.3 is 34.1 Å². The number of hydrogen-bond donors (Lipinski definition) is 2. The van der Waals surface area contributed by atoms with Gasteiger partial charge in [-0.05, 0) is 82.7 Å². The molecule has 268 valence electrons. The molecule has 2 saturated carbocycles. The Morgan fingerprint density at radius 2 is 1.78 bits per heavy atom. The van der Waals surface area contributed by atoms with Crippen LogP contribution in [0, 0.1) is 11.8 Å². The van der Waals surface area contributed by atoms with E-state index in [0.717, 1.165) is 31.8 Å². The van der Waals surface area contributed by atoms with Crippen molar-refractivity contribution in [1.82, 2.24) is 5.32 Å². The number of amides is 1. The Hall–Kier alpha value is -3.75. The molecule has 1 amide bonds. The third kappa shape index (κ3) is 9.92. The SMILES string of the molecule is CC(C)(C)OC(=O)CC[C@@H](CO)NC(=O)C1=C[C@H]2OC(C3CC3)(C3CC3)O[C@H]2[C@H](OC(=O)c2cccc(C=CC(=O)OCC(F)(F)F)c2)C1. The number of aliphatic hydroxyl groups is 1. The van der Waals surface area contributed by atoms with E-state index in [1.165, 1.54) is 24.3 Å². The van der Waals surface area contributed by atoms with Gasteiger partial charge in [0.05, 0.1) is 18.2 Å². The molecule has 1 aliphatic heterocycles. The molecule has 11 nitrogen and oxygen atoms in total. The molecule has 0 spiro atoms. The van der Waals surface area contributed by atoms with E-state index in [2.05, 4.69) is 10.1 Å². The van der Waals surface area contributed by atoms with Crippen molar-refractivity contribution in [3.8, 4) is 0 Å². The average molecular weight is 694 g/mol. The number of rotatable bonds is 13. The lowest BCUT2D eigenvalue weighted by Crippen LogP contribution is -2.45. The number of aliphatic hydroxyl groups excluding tert-OH is 1. The molecular formula is C35H42F3NO10. The lowest BCUT2D eigenvalue weighted by molar-refractivity contribution is -0.209. The number of esters is 3. The second-order valence-electron chi connectivity index (χ2n) is 13.9. The van der Waals surface area contributed by atoms with E-state index in [0.29, 0.717) is 5.56 Å². The summed E-state index contributed by atoms with van der Waals surface area (Å²) in [7, 11) is 0. The molecule has 1 aromatic carbocycles. The largest absolute Gasteiger partial charge is 0.460 e. The molecule has 4 atom stereocenters. The van der Waals surface area contributed by atoms with Crippen LogP contribution in [-0.4, -0.2) is 84.1 Å². The Morgan fingerprint density at radius 3 is 2.39 bits per heavy atom. The summed E-state index contributed by atoms with van der Waals surface area (Å²) in [6.07, 6.45) is 0.656. The molecule has 3 aliphatic carbocycles. The fourth-order valence-electron chi connectivity index (χ4n) is 6.08. The van der Waals surface area contributed by atoms with Crippen molar-refractivity contribution in [2.45, 2.75) is 108 Å². The van der Waals surface area contributed by atoms with Crippen molar-refractivity contribution in [2.75, 3.05) is 13.2 Å². The summed E-state index contributed by atoms with van der Waals surface area (Å²) in [6, 6.07) is 5.21. The number of nitrogens with one attached hydrogen (secondary N) is 1. The normalized spacial score (nSPS) is 24.1. The van der Waals surface area contributed by atoms with E-state index in [-0.39, 0.29) is 42.2 Å². The molecule has 14 heteroatoms. The first kappa shape index (κ1) is 36.5. The summed E-state index contributed by atoms with van der Waals surface area (Å²) >= 11 is 0. The van der Waals surface area contributed by atoms with Crippen molar-refractivity contribution in [3.63, 3.8) is 0 Å². The van der Waals surface area contributed by atoms with Gasteiger partial charge in [-0.3, -0.25) is 9.59 Å². The van der Waals surface area contributed by atoms with E-state index in [9.17, 15) is 37.5 Å².